The Morgan fingerprint density at radius 3 is 2.94 bits per heavy atom. The molecule has 1 aromatic carbocycles. The highest BCUT2D eigenvalue weighted by Gasteiger charge is 2.45. The predicted molar refractivity (Wildman–Crippen MR) is 67.3 cm³/mol. The van der Waals surface area contributed by atoms with Crippen molar-refractivity contribution in [1.82, 2.24) is 0 Å². The van der Waals surface area contributed by atoms with Gasteiger partial charge < -0.3 is 9.47 Å². The van der Waals surface area contributed by atoms with Crippen molar-refractivity contribution < 1.29 is 9.47 Å². The molecule has 2 heteroatoms. The van der Waals surface area contributed by atoms with E-state index >= 15 is 0 Å². The lowest BCUT2D eigenvalue weighted by Gasteiger charge is -2.47. The third kappa shape index (κ3) is 1.75. The fourth-order valence-corrected chi connectivity index (χ4v) is 3.14. The van der Waals surface area contributed by atoms with E-state index < -0.39 is 0 Å². The Labute approximate surface area is 103 Å². The fraction of sp³-hybridized carbons (Fsp3) is 0.600. The van der Waals surface area contributed by atoms with Crippen molar-refractivity contribution >= 4 is 0 Å². The summed E-state index contributed by atoms with van der Waals surface area (Å²) in [4.78, 5) is 0. The second kappa shape index (κ2) is 3.74. The van der Waals surface area contributed by atoms with Crippen LogP contribution in [-0.2, 0) is 4.74 Å². The molecule has 0 radical (unpaired) electrons. The molecule has 0 aliphatic carbocycles. The van der Waals surface area contributed by atoms with Gasteiger partial charge >= 0.3 is 0 Å². The number of hydrogen-bond acceptors (Lipinski definition) is 2. The van der Waals surface area contributed by atoms with Crippen molar-refractivity contribution in [2.24, 2.45) is 5.92 Å². The number of rotatable bonds is 0. The molecular weight excluding hydrogens is 212 g/mol. The highest BCUT2D eigenvalue weighted by molar-refractivity contribution is 5.41. The zero-order chi connectivity index (χ0) is 12.0. The summed E-state index contributed by atoms with van der Waals surface area (Å²) in [6, 6.07) is 6.41. The van der Waals surface area contributed by atoms with E-state index in [4.69, 9.17) is 9.47 Å². The van der Waals surface area contributed by atoms with Crippen molar-refractivity contribution in [2.45, 2.75) is 45.3 Å². The number of benzene rings is 1. The van der Waals surface area contributed by atoms with Crippen LogP contribution in [-0.4, -0.2) is 12.2 Å². The molecule has 0 aromatic heterocycles. The molecule has 0 saturated carbocycles. The van der Waals surface area contributed by atoms with E-state index in [1.165, 1.54) is 17.5 Å². The van der Waals surface area contributed by atoms with E-state index in [-0.39, 0.29) is 11.7 Å². The van der Waals surface area contributed by atoms with Crippen LogP contribution in [0, 0.1) is 12.8 Å². The summed E-state index contributed by atoms with van der Waals surface area (Å²) in [6.07, 6.45) is 2.57. The van der Waals surface area contributed by atoms with Crippen molar-refractivity contribution in [3.05, 3.63) is 29.3 Å². The summed E-state index contributed by atoms with van der Waals surface area (Å²) in [6.45, 7) is 7.37. The average Bonchev–Trinajstić information content (AvgIpc) is 2.30. The highest BCUT2D eigenvalue weighted by Crippen LogP contribution is 2.49. The summed E-state index contributed by atoms with van der Waals surface area (Å²) >= 11 is 0. The summed E-state index contributed by atoms with van der Waals surface area (Å²) < 4.78 is 12.2. The number of ether oxygens (including phenoxy) is 2. The number of fused-ring (bicyclic) bond motifs is 3. The Morgan fingerprint density at radius 2 is 2.12 bits per heavy atom. The molecule has 3 rings (SSSR count). The SMILES string of the molecule is Cc1ccc2c(c1)C1OCCCC1C(C)(C)O2. The molecule has 0 N–H and O–H groups in total. The third-order valence-electron chi connectivity index (χ3n) is 4.06. The monoisotopic (exact) mass is 232 g/mol. The predicted octanol–water partition coefficient (Wildman–Crippen LogP) is 3.63. The van der Waals surface area contributed by atoms with E-state index in [1.54, 1.807) is 0 Å². The van der Waals surface area contributed by atoms with Gasteiger partial charge in [-0.1, -0.05) is 11.6 Å². The molecule has 1 fully saturated rings. The minimum atomic E-state index is -0.118. The minimum Gasteiger partial charge on any atom is -0.487 e. The Hall–Kier alpha value is -1.02. The molecule has 17 heavy (non-hydrogen) atoms. The Morgan fingerprint density at radius 1 is 1.29 bits per heavy atom. The molecule has 92 valence electrons. The standard InChI is InChI=1S/C15H20O2/c1-10-6-7-13-11(9-10)14-12(5-4-8-16-14)15(2,3)17-13/h6-7,9,12,14H,4-5,8H2,1-3H3. The maximum Gasteiger partial charge on any atom is 0.125 e. The van der Waals surface area contributed by atoms with Gasteiger partial charge in [-0.05, 0) is 45.7 Å². The van der Waals surface area contributed by atoms with Crippen LogP contribution in [0.5, 0.6) is 5.75 Å². The van der Waals surface area contributed by atoms with Gasteiger partial charge in [-0.3, -0.25) is 0 Å². The highest BCUT2D eigenvalue weighted by atomic mass is 16.5. The summed E-state index contributed by atoms with van der Waals surface area (Å²) in [7, 11) is 0. The van der Waals surface area contributed by atoms with Crippen LogP contribution >= 0.6 is 0 Å². The van der Waals surface area contributed by atoms with Gasteiger partial charge in [-0.15, -0.1) is 0 Å². The van der Waals surface area contributed by atoms with E-state index in [0.717, 1.165) is 18.8 Å². The van der Waals surface area contributed by atoms with Crippen molar-refractivity contribution in [2.75, 3.05) is 6.61 Å². The lowest BCUT2D eigenvalue weighted by Crippen LogP contribution is -2.47. The maximum atomic E-state index is 6.16. The van der Waals surface area contributed by atoms with E-state index in [1.807, 2.05) is 0 Å². The van der Waals surface area contributed by atoms with Gasteiger partial charge in [-0.2, -0.15) is 0 Å². The van der Waals surface area contributed by atoms with Crippen molar-refractivity contribution in [3.8, 4) is 5.75 Å². The number of aryl methyl sites for hydroxylation is 1. The summed E-state index contributed by atoms with van der Waals surface area (Å²) in [5.74, 6) is 1.48. The molecule has 1 aromatic rings. The van der Waals surface area contributed by atoms with Gasteiger partial charge in [0.1, 0.15) is 11.4 Å². The Kier molecular flexibility index (Phi) is 2.44. The first-order valence-corrected chi connectivity index (χ1v) is 6.49. The van der Waals surface area contributed by atoms with Gasteiger partial charge in [0.2, 0.25) is 0 Å². The first-order valence-electron chi connectivity index (χ1n) is 6.49. The molecule has 0 amide bonds. The van der Waals surface area contributed by atoms with E-state index in [0.29, 0.717) is 5.92 Å². The average molecular weight is 232 g/mol. The Bertz CT molecular complexity index is 437. The summed E-state index contributed by atoms with van der Waals surface area (Å²) in [5.41, 5.74) is 2.40. The van der Waals surface area contributed by atoms with Crippen LogP contribution in [0.3, 0.4) is 0 Å². The van der Waals surface area contributed by atoms with Crippen LogP contribution in [0.1, 0.15) is 43.9 Å². The van der Waals surface area contributed by atoms with Gasteiger partial charge in [0, 0.05) is 18.1 Å². The summed E-state index contributed by atoms with van der Waals surface area (Å²) in [5, 5.41) is 0. The quantitative estimate of drug-likeness (QED) is 0.680. The first-order chi connectivity index (χ1) is 8.08. The minimum absolute atomic E-state index is 0.118. The normalized spacial score (nSPS) is 30.1. The molecular formula is C15H20O2. The van der Waals surface area contributed by atoms with Gasteiger partial charge in [0.25, 0.3) is 0 Å². The Balaban J connectivity index is 2.08. The molecule has 2 aliphatic rings. The van der Waals surface area contributed by atoms with Gasteiger partial charge in [0.15, 0.2) is 0 Å². The van der Waals surface area contributed by atoms with Crippen molar-refractivity contribution in [3.63, 3.8) is 0 Å². The molecule has 1 saturated heterocycles. The molecule has 2 heterocycles. The van der Waals surface area contributed by atoms with Crippen LogP contribution in [0.4, 0.5) is 0 Å². The number of hydrogen-bond donors (Lipinski definition) is 0. The molecule has 2 nitrogen and oxygen atoms in total. The topological polar surface area (TPSA) is 18.5 Å². The zero-order valence-corrected chi connectivity index (χ0v) is 10.8. The molecule has 2 unspecified atom stereocenters. The second-order valence-electron chi connectivity index (χ2n) is 5.79. The van der Waals surface area contributed by atoms with Gasteiger partial charge in [0.05, 0.1) is 6.10 Å². The lowest BCUT2D eigenvalue weighted by atomic mass is 9.76. The van der Waals surface area contributed by atoms with Crippen LogP contribution in [0.25, 0.3) is 0 Å². The largest absolute Gasteiger partial charge is 0.487 e. The van der Waals surface area contributed by atoms with E-state index in [2.05, 4.69) is 39.0 Å². The fourth-order valence-electron chi connectivity index (χ4n) is 3.14. The maximum absolute atomic E-state index is 6.16. The van der Waals surface area contributed by atoms with Gasteiger partial charge in [-0.25, -0.2) is 0 Å². The second-order valence-corrected chi connectivity index (χ2v) is 5.79. The van der Waals surface area contributed by atoms with Crippen molar-refractivity contribution in [1.29, 1.82) is 0 Å². The molecule has 0 bridgehead atoms. The van der Waals surface area contributed by atoms with Crippen LogP contribution < -0.4 is 4.74 Å². The van der Waals surface area contributed by atoms with Crippen LogP contribution in [0.2, 0.25) is 0 Å². The molecule has 2 aliphatic heterocycles. The first kappa shape index (κ1) is 11.1. The lowest BCUT2D eigenvalue weighted by molar-refractivity contribution is -0.116. The molecule has 2 atom stereocenters. The zero-order valence-electron chi connectivity index (χ0n) is 10.8. The third-order valence-corrected chi connectivity index (χ3v) is 4.06. The smallest absolute Gasteiger partial charge is 0.125 e. The molecule has 0 spiro atoms. The van der Waals surface area contributed by atoms with Crippen LogP contribution in [0.15, 0.2) is 18.2 Å². The van der Waals surface area contributed by atoms with E-state index in [9.17, 15) is 0 Å².